The molecule has 1 unspecified atom stereocenters. The van der Waals surface area contributed by atoms with Gasteiger partial charge in [0.1, 0.15) is 10.8 Å². The molecule has 0 saturated heterocycles. The van der Waals surface area contributed by atoms with Gasteiger partial charge in [-0.3, -0.25) is 0 Å². The van der Waals surface area contributed by atoms with E-state index >= 15 is 0 Å². The molecule has 3 nitrogen and oxygen atoms in total. The molecular formula is C15H19N3S2. The summed E-state index contributed by atoms with van der Waals surface area (Å²) in [6.07, 6.45) is 2.79. The predicted octanol–water partition coefficient (Wildman–Crippen LogP) is 3.15. The quantitative estimate of drug-likeness (QED) is 0.862. The highest BCUT2D eigenvalue weighted by Gasteiger charge is 2.18. The number of rotatable bonds is 5. The van der Waals surface area contributed by atoms with Crippen LogP contribution in [0.5, 0.6) is 0 Å². The van der Waals surface area contributed by atoms with Crippen molar-refractivity contribution in [3.8, 4) is 0 Å². The fourth-order valence-corrected chi connectivity index (χ4v) is 3.26. The summed E-state index contributed by atoms with van der Waals surface area (Å²) in [6.45, 7) is 4.20. The fraction of sp³-hybridized carbons (Fsp3) is 0.333. The van der Waals surface area contributed by atoms with Gasteiger partial charge >= 0.3 is 0 Å². The van der Waals surface area contributed by atoms with Gasteiger partial charge in [-0.25, -0.2) is 4.98 Å². The van der Waals surface area contributed by atoms with Crippen LogP contribution in [-0.2, 0) is 6.42 Å². The summed E-state index contributed by atoms with van der Waals surface area (Å²) in [7, 11) is 2.04. The van der Waals surface area contributed by atoms with Crippen LogP contribution >= 0.6 is 23.6 Å². The van der Waals surface area contributed by atoms with Crippen LogP contribution in [0.15, 0.2) is 29.8 Å². The molecule has 1 atom stereocenters. The third-order valence-electron chi connectivity index (χ3n) is 3.46. The number of hydrogen-bond donors (Lipinski definition) is 1. The highest BCUT2D eigenvalue weighted by molar-refractivity contribution is 7.80. The van der Waals surface area contributed by atoms with Gasteiger partial charge in [-0.15, -0.1) is 11.3 Å². The number of likely N-dealkylation sites (N-methyl/N-ethyl adjacent to an activating group) is 1. The maximum Gasteiger partial charge on any atom is 0.139 e. The van der Waals surface area contributed by atoms with Gasteiger partial charge in [0.25, 0.3) is 0 Å². The predicted molar refractivity (Wildman–Crippen MR) is 90.7 cm³/mol. The molecule has 20 heavy (non-hydrogen) atoms. The molecule has 0 bridgehead atoms. The van der Waals surface area contributed by atoms with Crippen LogP contribution in [0.2, 0.25) is 0 Å². The summed E-state index contributed by atoms with van der Waals surface area (Å²) in [6, 6.07) is 6.51. The Bertz CT molecular complexity index is 593. The van der Waals surface area contributed by atoms with Gasteiger partial charge < -0.3 is 10.6 Å². The lowest BCUT2D eigenvalue weighted by molar-refractivity contribution is 0.679. The van der Waals surface area contributed by atoms with Crippen molar-refractivity contribution in [2.24, 2.45) is 5.73 Å². The van der Waals surface area contributed by atoms with Crippen molar-refractivity contribution in [3.05, 3.63) is 45.8 Å². The van der Waals surface area contributed by atoms with Crippen molar-refractivity contribution in [3.63, 3.8) is 0 Å². The maximum atomic E-state index is 5.86. The van der Waals surface area contributed by atoms with Gasteiger partial charge in [-0.1, -0.05) is 18.3 Å². The fourth-order valence-electron chi connectivity index (χ4n) is 2.18. The molecule has 2 aromatic rings. The van der Waals surface area contributed by atoms with E-state index in [0.29, 0.717) is 11.0 Å². The minimum Gasteiger partial charge on any atom is -0.389 e. The molecule has 0 radical (unpaired) electrons. The minimum absolute atomic E-state index is 0.330. The number of nitrogens with zero attached hydrogens (tertiary/aromatic N) is 2. The Balaban J connectivity index is 2.26. The molecule has 2 rings (SSSR count). The monoisotopic (exact) mass is 305 g/mol. The average molecular weight is 305 g/mol. The lowest BCUT2D eigenvalue weighted by Gasteiger charge is -2.28. The smallest absolute Gasteiger partial charge is 0.139 e. The third-order valence-corrected chi connectivity index (χ3v) is 4.56. The van der Waals surface area contributed by atoms with Crippen LogP contribution in [0.25, 0.3) is 0 Å². The van der Waals surface area contributed by atoms with Crippen molar-refractivity contribution in [2.45, 2.75) is 26.3 Å². The second-order valence-corrected chi connectivity index (χ2v) is 6.41. The van der Waals surface area contributed by atoms with Gasteiger partial charge in [0.2, 0.25) is 0 Å². The van der Waals surface area contributed by atoms with E-state index in [1.54, 1.807) is 17.5 Å². The van der Waals surface area contributed by atoms with Crippen LogP contribution in [0, 0.1) is 6.92 Å². The van der Waals surface area contributed by atoms with Gasteiger partial charge in [-0.05, 0) is 36.9 Å². The zero-order valence-electron chi connectivity index (χ0n) is 12.0. The second kappa shape index (κ2) is 6.33. The zero-order chi connectivity index (χ0) is 14.7. The first-order valence-electron chi connectivity index (χ1n) is 6.51. The van der Waals surface area contributed by atoms with E-state index in [1.807, 2.05) is 20.0 Å². The van der Waals surface area contributed by atoms with Gasteiger partial charge in [0.15, 0.2) is 0 Å². The number of pyridine rings is 1. The van der Waals surface area contributed by atoms with Gasteiger partial charge in [-0.2, -0.15) is 0 Å². The molecule has 2 N–H and O–H groups in total. The van der Waals surface area contributed by atoms with Crippen LogP contribution in [0.1, 0.15) is 22.9 Å². The number of hydrogen-bond acceptors (Lipinski definition) is 4. The first-order chi connectivity index (χ1) is 9.50. The average Bonchev–Trinajstić information content (AvgIpc) is 2.89. The van der Waals surface area contributed by atoms with Crippen molar-refractivity contribution >= 4 is 34.4 Å². The highest BCUT2D eigenvalue weighted by Crippen LogP contribution is 2.23. The van der Waals surface area contributed by atoms with E-state index in [4.69, 9.17) is 18.0 Å². The van der Waals surface area contributed by atoms with E-state index < -0.39 is 0 Å². The topological polar surface area (TPSA) is 42.2 Å². The Morgan fingerprint density at radius 3 is 2.85 bits per heavy atom. The lowest BCUT2D eigenvalue weighted by Crippen LogP contribution is -2.33. The van der Waals surface area contributed by atoms with Crippen LogP contribution in [0.3, 0.4) is 0 Å². The van der Waals surface area contributed by atoms with Crippen molar-refractivity contribution in [1.82, 2.24) is 4.98 Å². The number of anilines is 1. The molecule has 2 heterocycles. The molecule has 0 amide bonds. The number of aromatic nitrogens is 1. The van der Waals surface area contributed by atoms with E-state index in [-0.39, 0.29) is 0 Å². The summed E-state index contributed by atoms with van der Waals surface area (Å²) in [5, 5.41) is 2.10. The summed E-state index contributed by atoms with van der Waals surface area (Å²) >= 11 is 6.95. The maximum absolute atomic E-state index is 5.86. The first-order valence-corrected chi connectivity index (χ1v) is 7.80. The van der Waals surface area contributed by atoms with Crippen LogP contribution < -0.4 is 10.6 Å². The second-order valence-electron chi connectivity index (χ2n) is 4.93. The Morgan fingerprint density at radius 1 is 1.50 bits per heavy atom. The normalized spacial score (nSPS) is 12.2. The zero-order valence-corrected chi connectivity index (χ0v) is 13.6. The molecule has 0 spiro atoms. The minimum atomic E-state index is 0.330. The summed E-state index contributed by atoms with van der Waals surface area (Å²) < 4.78 is 0. The SMILES string of the molecule is Cc1ccnc(N(C)C(C)Cc2cccs2)c1C(N)=S. The molecule has 2 aromatic heterocycles. The lowest BCUT2D eigenvalue weighted by atomic mass is 10.1. The van der Waals surface area contributed by atoms with Gasteiger partial charge in [0, 0.05) is 30.6 Å². The molecular weight excluding hydrogens is 286 g/mol. The molecule has 0 aromatic carbocycles. The van der Waals surface area contributed by atoms with Crippen LogP contribution in [-0.4, -0.2) is 23.1 Å². The number of thiophene rings is 1. The molecule has 0 fully saturated rings. The standard InChI is InChI=1S/C15H19N3S2/c1-10-6-7-17-15(13(10)14(16)19)18(3)11(2)9-12-5-4-8-20-12/h4-8,11H,9H2,1-3H3,(H2,16,19). The number of nitrogens with two attached hydrogens (primary N) is 1. The largest absolute Gasteiger partial charge is 0.389 e. The summed E-state index contributed by atoms with van der Waals surface area (Å²) in [4.78, 5) is 8.40. The third kappa shape index (κ3) is 3.16. The Hall–Kier alpha value is -1.46. The van der Waals surface area contributed by atoms with Crippen LogP contribution in [0.4, 0.5) is 5.82 Å². The summed E-state index contributed by atoms with van der Waals surface area (Å²) in [5.41, 5.74) is 7.80. The first kappa shape index (κ1) is 14.9. The highest BCUT2D eigenvalue weighted by atomic mass is 32.1. The Kier molecular flexibility index (Phi) is 4.73. The number of thiocarbonyl (C=S) groups is 1. The summed E-state index contributed by atoms with van der Waals surface area (Å²) in [5.74, 6) is 0.863. The van der Waals surface area contributed by atoms with Crippen molar-refractivity contribution in [2.75, 3.05) is 11.9 Å². The van der Waals surface area contributed by atoms with E-state index in [1.165, 1.54) is 4.88 Å². The van der Waals surface area contributed by atoms with Gasteiger partial charge in [0.05, 0.1) is 5.56 Å². The van der Waals surface area contributed by atoms with E-state index in [2.05, 4.69) is 34.3 Å². The van der Waals surface area contributed by atoms with Crippen molar-refractivity contribution in [1.29, 1.82) is 0 Å². The van der Waals surface area contributed by atoms with E-state index in [0.717, 1.165) is 23.4 Å². The molecule has 0 saturated carbocycles. The molecule has 0 aliphatic carbocycles. The molecule has 5 heteroatoms. The molecule has 0 aliphatic heterocycles. The van der Waals surface area contributed by atoms with E-state index in [9.17, 15) is 0 Å². The Morgan fingerprint density at radius 2 is 2.25 bits per heavy atom. The van der Waals surface area contributed by atoms with Crippen molar-refractivity contribution < 1.29 is 0 Å². The Labute approximate surface area is 129 Å². The molecule has 106 valence electrons. The number of aryl methyl sites for hydroxylation is 1. The molecule has 0 aliphatic rings.